The Morgan fingerprint density at radius 3 is 1.48 bits per heavy atom. The molecule has 10 atom stereocenters. The van der Waals surface area contributed by atoms with Crippen LogP contribution in [0.4, 0.5) is 0 Å². The minimum absolute atomic E-state index is 0.0305. The fourth-order valence-electron chi connectivity index (χ4n) is 7.70. The van der Waals surface area contributed by atoms with Crippen LogP contribution in [0.15, 0.2) is 58.5 Å². The monoisotopic (exact) mass is 901 g/mol. The lowest BCUT2D eigenvalue weighted by atomic mass is 9.87. The maximum Gasteiger partial charge on any atom is 0.303 e. The number of amides is 1. The lowest BCUT2D eigenvalue weighted by Gasteiger charge is -2.41. The third-order valence-electron chi connectivity index (χ3n) is 11.4. The van der Waals surface area contributed by atoms with Crippen molar-refractivity contribution in [3.8, 4) is 11.5 Å². The minimum atomic E-state index is -0.807. The van der Waals surface area contributed by atoms with Crippen molar-refractivity contribution in [3.05, 3.63) is 59.7 Å². The Morgan fingerprint density at radius 1 is 0.726 bits per heavy atom. The smallest absolute Gasteiger partial charge is 0.303 e. The highest BCUT2D eigenvalue weighted by Gasteiger charge is 2.50. The van der Waals surface area contributed by atoms with Crippen molar-refractivity contribution in [2.24, 2.45) is 21.8 Å². The first-order chi connectivity index (χ1) is 29.8. The largest absolute Gasteiger partial charge is 0.497 e. The Bertz CT molecular complexity index is 1760. The fourth-order valence-corrected chi connectivity index (χ4v) is 10.0. The number of aliphatic carboxylic acids is 1. The van der Waals surface area contributed by atoms with Crippen LogP contribution in [0.1, 0.15) is 63.5 Å². The zero-order chi connectivity index (χ0) is 44.8. The first kappa shape index (κ1) is 49.4. The second-order valence-electron chi connectivity index (χ2n) is 16.3. The van der Waals surface area contributed by atoms with E-state index in [4.69, 9.17) is 48.2 Å². The van der Waals surface area contributed by atoms with Gasteiger partial charge in [0.1, 0.15) is 34.5 Å². The number of nitrogens with one attached hydrogen (secondary N) is 1. The number of amidine groups is 2. The van der Waals surface area contributed by atoms with E-state index in [1.54, 1.807) is 44.8 Å². The van der Waals surface area contributed by atoms with E-state index < -0.39 is 5.97 Å². The molecule has 2 aromatic carbocycles. The normalized spacial score (nSPS) is 28.4. The topological polar surface area (TPSA) is 162 Å². The van der Waals surface area contributed by atoms with E-state index in [0.29, 0.717) is 32.5 Å². The number of carbonyl (C=O) groups excluding carboxylic acids is 1. The van der Waals surface area contributed by atoms with Crippen LogP contribution in [-0.2, 0) is 46.5 Å². The van der Waals surface area contributed by atoms with Crippen molar-refractivity contribution in [1.29, 1.82) is 0 Å². The van der Waals surface area contributed by atoms with Crippen LogP contribution in [0, 0.1) is 11.8 Å². The van der Waals surface area contributed by atoms with Gasteiger partial charge in [0.15, 0.2) is 10.3 Å². The molecule has 7 rings (SSSR count). The second-order valence-corrected chi connectivity index (χ2v) is 18.5. The van der Waals surface area contributed by atoms with Gasteiger partial charge in [-0.15, -0.1) is 0 Å². The summed E-state index contributed by atoms with van der Waals surface area (Å²) in [4.78, 5) is 36.5. The molecule has 3 saturated heterocycles. The number of carbonyl (C=O) groups is 2. The van der Waals surface area contributed by atoms with Gasteiger partial charge < -0.3 is 53.4 Å². The number of rotatable bonds is 14. The van der Waals surface area contributed by atoms with Gasteiger partial charge in [-0.05, 0) is 61.1 Å². The number of nitrogens with zero attached hydrogens (tertiary/aromatic N) is 4. The molecule has 3 fully saturated rings. The SMILES string of the molecule is C1CCOC1.CNC(=O)CC[C@H]1O[C@@H]2SC(N(C)C)=N[C@@H]2[C@@H](OCc2ccc(OC)cc2)[C@@H]1C.COc1ccc(CO[C@H]2[C@H](C)[C@@H](CCC(=O)O)O[C@@H]3SC(N(C)C)=N[C@H]23)cc1. The predicted octanol–water partition coefficient (Wildman–Crippen LogP) is 6.14. The summed E-state index contributed by atoms with van der Waals surface area (Å²) in [7, 11) is 12.9. The third kappa shape index (κ3) is 14.0. The highest BCUT2D eigenvalue weighted by atomic mass is 32.2. The Hall–Kier alpha value is -3.58. The number of benzene rings is 2. The first-order valence-electron chi connectivity index (χ1n) is 21.4. The summed E-state index contributed by atoms with van der Waals surface area (Å²) in [5.74, 6) is 1.04. The predicted molar refractivity (Wildman–Crippen MR) is 244 cm³/mol. The molecule has 0 spiro atoms. The van der Waals surface area contributed by atoms with E-state index in [2.05, 4.69) is 19.2 Å². The summed E-state index contributed by atoms with van der Waals surface area (Å²) in [6.07, 6.45) is 3.81. The van der Waals surface area contributed by atoms with Crippen molar-refractivity contribution in [2.75, 3.05) is 62.7 Å². The Morgan fingerprint density at radius 2 is 1.15 bits per heavy atom. The van der Waals surface area contributed by atoms with E-state index in [-0.39, 0.29) is 71.5 Å². The highest BCUT2D eigenvalue weighted by Crippen LogP contribution is 2.43. The summed E-state index contributed by atoms with van der Waals surface area (Å²) in [5.41, 5.74) is 1.92. The molecule has 0 aromatic heterocycles. The van der Waals surface area contributed by atoms with Crippen LogP contribution < -0.4 is 14.8 Å². The minimum Gasteiger partial charge on any atom is -0.497 e. The van der Waals surface area contributed by atoms with E-state index in [9.17, 15) is 9.59 Å². The highest BCUT2D eigenvalue weighted by molar-refractivity contribution is 8.14. The van der Waals surface area contributed by atoms with Gasteiger partial charge in [-0.3, -0.25) is 19.6 Å². The molecule has 0 saturated carbocycles. The van der Waals surface area contributed by atoms with Gasteiger partial charge in [-0.2, -0.15) is 0 Å². The van der Waals surface area contributed by atoms with Gasteiger partial charge >= 0.3 is 5.97 Å². The number of carboxylic acids is 1. The maximum absolute atomic E-state index is 11.7. The van der Waals surface area contributed by atoms with E-state index >= 15 is 0 Å². The molecule has 0 aliphatic carbocycles. The molecular weight excluding hydrogens is 835 g/mol. The average molecular weight is 902 g/mol. The number of ether oxygens (including phenoxy) is 7. The van der Waals surface area contributed by atoms with Crippen LogP contribution >= 0.6 is 23.5 Å². The number of hydrogen-bond donors (Lipinski definition) is 2. The fraction of sp³-hybridized carbons (Fsp3) is 0.644. The van der Waals surface area contributed by atoms with Crippen LogP contribution in [0.25, 0.3) is 0 Å². The number of fused-ring (bicyclic) bond motifs is 2. The third-order valence-corrected chi connectivity index (χ3v) is 14.0. The van der Waals surface area contributed by atoms with E-state index in [1.807, 2.05) is 86.5 Å². The van der Waals surface area contributed by atoms with Crippen LogP contribution in [-0.4, -0.2) is 147 Å². The van der Waals surface area contributed by atoms with Gasteiger partial charge in [-0.1, -0.05) is 61.6 Å². The lowest BCUT2D eigenvalue weighted by molar-refractivity contribution is -0.148. The lowest BCUT2D eigenvalue weighted by Crippen LogP contribution is -2.51. The quantitative estimate of drug-likeness (QED) is 0.223. The number of aliphatic imine (C=N–C) groups is 2. The zero-order valence-corrected chi connectivity index (χ0v) is 39.3. The average Bonchev–Trinajstić information content (AvgIpc) is 4.08. The molecular formula is C45H67N5O10S2. The number of methoxy groups -OCH3 is 2. The summed E-state index contributed by atoms with van der Waals surface area (Å²) in [6, 6.07) is 15.6. The number of hydrogen-bond acceptors (Lipinski definition) is 15. The molecule has 15 nitrogen and oxygen atoms in total. The molecule has 2 N–H and O–H groups in total. The molecule has 5 aliphatic heterocycles. The van der Waals surface area contributed by atoms with Gasteiger partial charge in [0.2, 0.25) is 5.91 Å². The summed E-state index contributed by atoms with van der Waals surface area (Å²) >= 11 is 3.22. The van der Waals surface area contributed by atoms with Crippen molar-refractivity contribution in [2.45, 2.75) is 113 Å². The van der Waals surface area contributed by atoms with Crippen LogP contribution in [0.3, 0.4) is 0 Å². The molecule has 344 valence electrons. The van der Waals surface area contributed by atoms with Gasteiger partial charge in [0.05, 0.1) is 51.8 Å². The summed E-state index contributed by atoms with van der Waals surface area (Å²) < 4.78 is 40.7. The molecule has 5 aliphatic rings. The van der Waals surface area contributed by atoms with Crippen LogP contribution in [0.5, 0.6) is 11.5 Å². The van der Waals surface area contributed by atoms with Gasteiger partial charge in [-0.25, -0.2) is 0 Å². The number of thioether (sulfide) groups is 2. The van der Waals surface area contributed by atoms with Crippen molar-refractivity contribution in [1.82, 2.24) is 15.1 Å². The first-order valence-corrected chi connectivity index (χ1v) is 23.2. The Kier molecular flexibility index (Phi) is 19.5. The zero-order valence-electron chi connectivity index (χ0n) is 37.7. The van der Waals surface area contributed by atoms with Crippen molar-refractivity contribution < 1.29 is 47.9 Å². The van der Waals surface area contributed by atoms with Crippen molar-refractivity contribution >= 4 is 45.7 Å². The molecule has 17 heteroatoms. The summed E-state index contributed by atoms with van der Waals surface area (Å²) in [5, 5.41) is 13.6. The van der Waals surface area contributed by atoms with E-state index in [1.165, 1.54) is 12.8 Å². The van der Waals surface area contributed by atoms with Crippen LogP contribution in [0.2, 0.25) is 0 Å². The van der Waals surface area contributed by atoms with E-state index in [0.717, 1.165) is 46.2 Å². The number of carboxylic acid groups (broad SMARTS) is 1. The second kappa shape index (κ2) is 24.5. The summed E-state index contributed by atoms with van der Waals surface area (Å²) in [6.45, 7) is 7.17. The molecule has 1 amide bonds. The molecule has 0 bridgehead atoms. The maximum atomic E-state index is 11.7. The standard InChI is InChI=1S/C21H31N3O4S.C20H28N2O5S.C4H8O/c1-13-16(10-11-17(25)22-2)28-20-18(23-21(29-20)24(3)4)19(13)27-12-14-6-8-15(26-5)9-7-14;1-12-15(9-10-16(23)24)27-19-17(21-20(28-19)22(2)3)18(12)26-11-13-5-7-14(25-4)8-6-13;1-2-4-5-3-1/h6-9,13,16,18-20H,10-12H2,1-5H3,(H,22,25);5-8,12,15,17-19H,9-11H2,1-4H3,(H,23,24);1-4H2/t13-,16-,18-,19+,20-;12-,15-,17-,18+,19-;/m11./s1. The molecule has 2 aromatic rings. The molecule has 0 unspecified atom stereocenters. The Balaban J connectivity index is 0.000000210. The van der Waals surface area contributed by atoms with Crippen molar-refractivity contribution in [3.63, 3.8) is 0 Å². The Labute approximate surface area is 376 Å². The molecule has 62 heavy (non-hydrogen) atoms. The van der Waals surface area contributed by atoms with Gasteiger partial charge in [0.25, 0.3) is 0 Å². The molecule has 0 radical (unpaired) electrons. The van der Waals surface area contributed by atoms with Gasteiger partial charge in [0, 0.05) is 73.1 Å². The molecule has 5 heterocycles.